The van der Waals surface area contributed by atoms with E-state index >= 15 is 0 Å². The normalized spacial score (nSPS) is 20.9. The monoisotopic (exact) mass is 746 g/mol. The Morgan fingerprint density at radius 2 is 0.948 bits per heavy atom. The van der Waals surface area contributed by atoms with Crippen molar-refractivity contribution >= 4 is 49.6 Å². The summed E-state index contributed by atoms with van der Waals surface area (Å²) in [7, 11) is 0. The molecule has 0 N–H and O–H groups in total. The molecule has 0 radical (unpaired) electrons. The van der Waals surface area contributed by atoms with Gasteiger partial charge in [0, 0.05) is 33.5 Å². The molecule has 1 heterocycles. The Labute approximate surface area is 341 Å². The van der Waals surface area contributed by atoms with Crippen LogP contribution in [-0.2, 0) is 5.41 Å². The molecule has 4 fully saturated rings. The summed E-state index contributed by atoms with van der Waals surface area (Å²) in [5.74, 6) is 2.68. The molecule has 0 aliphatic heterocycles. The largest absolute Gasteiger partial charge is 0.310 e. The third kappa shape index (κ3) is 5.53. The minimum atomic E-state index is 0.283. The molecule has 1 aromatic heterocycles. The molecule has 0 atom stereocenters. The minimum absolute atomic E-state index is 0.283. The average Bonchev–Trinajstić information content (AvgIpc) is 3.61. The topological polar surface area (TPSA) is 8.17 Å². The van der Waals surface area contributed by atoms with Gasteiger partial charge in [0.05, 0.1) is 11.0 Å². The molecule has 2 heteroatoms. The maximum absolute atomic E-state index is 2.55. The smallest absolute Gasteiger partial charge is 0.0541 e. The van der Waals surface area contributed by atoms with Gasteiger partial charge in [-0.3, -0.25) is 0 Å². The van der Waals surface area contributed by atoms with Crippen LogP contribution in [0.4, 0.5) is 17.1 Å². The summed E-state index contributed by atoms with van der Waals surface area (Å²) in [4.78, 5) is 2.55. The van der Waals surface area contributed by atoms with E-state index in [0.29, 0.717) is 0 Å². The van der Waals surface area contributed by atoms with Crippen molar-refractivity contribution in [3.63, 3.8) is 0 Å². The summed E-state index contributed by atoms with van der Waals surface area (Å²) in [6.07, 6.45) is 8.40. The zero-order chi connectivity index (χ0) is 38.2. The summed E-state index contributed by atoms with van der Waals surface area (Å²) >= 11 is 0. The molecule has 2 nitrogen and oxygen atoms in total. The summed E-state index contributed by atoms with van der Waals surface area (Å²) in [5.41, 5.74) is 14.1. The fraction of sp³-hybridized carbons (Fsp3) is 0.179. The first-order valence-electron chi connectivity index (χ1n) is 21.3. The highest BCUT2D eigenvalue weighted by Gasteiger charge is 2.52. The Hall–Kier alpha value is -6.38. The predicted molar refractivity (Wildman–Crippen MR) is 244 cm³/mol. The number of hydrogen-bond acceptors (Lipinski definition) is 1. The van der Waals surface area contributed by atoms with Gasteiger partial charge in [-0.1, -0.05) is 133 Å². The number of anilines is 3. The Balaban J connectivity index is 0.893. The summed E-state index contributed by atoms with van der Waals surface area (Å²) < 4.78 is 2.40. The number of aromatic nitrogens is 1. The van der Waals surface area contributed by atoms with Crippen molar-refractivity contribution in [2.24, 2.45) is 17.8 Å². The van der Waals surface area contributed by atoms with E-state index in [-0.39, 0.29) is 5.41 Å². The van der Waals surface area contributed by atoms with E-state index in [1.807, 2.05) is 0 Å². The van der Waals surface area contributed by atoms with Gasteiger partial charge < -0.3 is 9.47 Å². The van der Waals surface area contributed by atoms with E-state index in [1.54, 1.807) is 5.56 Å². The van der Waals surface area contributed by atoms with Crippen LogP contribution in [-0.4, -0.2) is 4.57 Å². The summed E-state index contributed by atoms with van der Waals surface area (Å²) in [6, 6.07) is 70.0. The van der Waals surface area contributed by atoms with E-state index in [2.05, 4.69) is 198 Å². The van der Waals surface area contributed by atoms with Gasteiger partial charge in [-0.15, -0.1) is 0 Å². The maximum Gasteiger partial charge on any atom is 0.0541 e. The van der Waals surface area contributed by atoms with Gasteiger partial charge in [-0.25, -0.2) is 0 Å². The van der Waals surface area contributed by atoms with Crippen LogP contribution in [0.25, 0.3) is 60.5 Å². The third-order valence-corrected chi connectivity index (χ3v) is 14.1. The number of para-hydroxylation sites is 3. The molecule has 4 aliphatic rings. The molecular formula is C56H46N2. The number of fused-ring (bicyclic) bond motifs is 4. The highest BCUT2D eigenvalue weighted by molar-refractivity contribution is 6.09. The lowest BCUT2D eigenvalue weighted by Gasteiger charge is -2.57. The zero-order valence-corrected chi connectivity index (χ0v) is 32.8. The lowest BCUT2D eigenvalue weighted by atomic mass is 9.48. The average molecular weight is 747 g/mol. The fourth-order valence-electron chi connectivity index (χ4n) is 12.0. The highest BCUT2D eigenvalue weighted by atomic mass is 15.1. The summed E-state index contributed by atoms with van der Waals surface area (Å²) in [5, 5.41) is 5.12. The Morgan fingerprint density at radius 1 is 0.414 bits per heavy atom. The van der Waals surface area contributed by atoms with E-state index in [0.717, 1.165) is 17.8 Å². The van der Waals surface area contributed by atoms with Crippen molar-refractivity contribution in [2.75, 3.05) is 4.90 Å². The molecule has 8 aromatic carbocycles. The van der Waals surface area contributed by atoms with Crippen LogP contribution in [0.3, 0.4) is 0 Å². The second-order valence-electron chi connectivity index (χ2n) is 17.6. The molecule has 13 rings (SSSR count). The van der Waals surface area contributed by atoms with Crippen molar-refractivity contribution in [1.82, 2.24) is 4.57 Å². The Bertz CT molecular complexity index is 2900. The van der Waals surface area contributed by atoms with E-state index in [4.69, 9.17) is 0 Å². The first-order valence-corrected chi connectivity index (χ1v) is 21.3. The second kappa shape index (κ2) is 13.4. The molecule has 0 saturated heterocycles. The van der Waals surface area contributed by atoms with Crippen LogP contribution in [0.2, 0.25) is 0 Å². The molecule has 9 aromatic rings. The molecule has 0 unspecified atom stereocenters. The first-order chi connectivity index (χ1) is 28.7. The van der Waals surface area contributed by atoms with E-state index < -0.39 is 0 Å². The van der Waals surface area contributed by atoms with Crippen molar-refractivity contribution in [1.29, 1.82) is 0 Å². The fourth-order valence-corrected chi connectivity index (χ4v) is 12.0. The van der Waals surface area contributed by atoms with Gasteiger partial charge in [0.1, 0.15) is 0 Å². The minimum Gasteiger partial charge on any atom is -0.310 e. The van der Waals surface area contributed by atoms with Crippen molar-refractivity contribution in [3.8, 4) is 27.9 Å². The highest BCUT2D eigenvalue weighted by Crippen LogP contribution is 2.62. The molecule has 4 saturated carbocycles. The predicted octanol–water partition coefficient (Wildman–Crippen LogP) is 15.2. The molecule has 0 spiro atoms. The lowest BCUT2D eigenvalue weighted by Crippen LogP contribution is -2.48. The van der Waals surface area contributed by atoms with Gasteiger partial charge in [0.15, 0.2) is 0 Å². The van der Waals surface area contributed by atoms with E-state index in [9.17, 15) is 0 Å². The van der Waals surface area contributed by atoms with Crippen molar-refractivity contribution < 1.29 is 0 Å². The number of rotatable bonds is 7. The Kier molecular flexibility index (Phi) is 7.76. The summed E-state index contributed by atoms with van der Waals surface area (Å²) in [6.45, 7) is 0. The molecule has 58 heavy (non-hydrogen) atoms. The third-order valence-electron chi connectivity index (χ3n) is 14.1. The molecular weight excluding hydrogens is 701 g/mol. The van der Waals surface area contributed by atoms with Crippen LogP contribution >= 0.6 is 0 Å². The van der Waals surface area contributed by atoms with Crippen LogP contribution < -0.4 is 4.90 Å². The maximum atomic E-state index is 2.55. The number of hydrogen-bond donors (Lipinski definition) is 0. The standard InChI is InChI=1S/C56H46N2/c1-2-11-45-34-49(29-26-41(45)10-1)57(55-19-8-5-16-52(55)56-35-38-30-39(36-56)32-40(31-38)37-56)47-27-24-43(25-28-47)42-20-22-44(23-21-42)46-12-9-13-48(33-46)58-53-17-6-3-14-50(53)51-15-4-7-18-54(51)58/h1-29,33-34,38-40H,30-32,35-37H2/t38-,39-,40?,56?/m1/s1. The molecule has 4 bridgehead atoms. The van der Waals surface area contributed by atoms with Crippen molar-refractivity contribution in [2.45, 2.75) is 43.9 Å². The van der Waals surface area contributed by atoms with Gasteiger partial charge in [-0.2, -0.15) is 0 Å². The molecule has 4 aliphatic carbocycles. The first kappa shape index (κ1) is 33.7. The van der Waals surface area contributed by atoms with Crippen LogP contribution in [0, 0.1) is 17.8 Å². The molecule has 280 valence electrons. The Morgan fingerprint density at radius 3 is 1.62 bits per heavy atom. The SMILES string of the molecule is c1cc(-c2ccc(-c3ccc(N(c4ccc5ccccc5c4)c4ccccc4C45CC6C[C@H](C4)C[C@H](C6)C5)cc3)cc2)cc(-n2c3ccccc3c3ccccc32)c1. The van der Waals surface area contributed by atoms with Gasteiger partial charge in [-0.05, 0) is 155 Å². The van der Waals surface area contributed by atoms with Gasteiger partial charge >= 0.3 is 0 Å². The lowest BCUT2D eigenvalue weighted by molar-refractivity contribution is -0.00491. The van der Waals surface area contributed by atoms with Crippen LogP contribution in [0.1, 0.15) is 44.1 Å². The number of nitrogens with zero attached hydrogens (tertiary/aromatic N) is 2. The van der Waals surface area contributed by atoms with Gasteiger partial charge in [0.25, 0.3) is 0 Å². The van der Waals surface area contributed by atoms with E-state index in [1.165, 1.54) is 116 Å². The van der Waals surface area contributed by atoms with Gasteiger partial charge in [0.2, 0.25) is 0 Å². The molecule has 0 amide bonds. The van der Waals surface area contributed by atoms with Crippen LogP contribution in [0.15, 0.2) is 188 Å². The zero-order valence-electron chi connectivity index (χ0n) is 32.8. The second-order valence-corrected chi connectivity index (χ2v) is 17.6. The van der Waals surface area contributed by atoms with Crippen LogP contribution in [0.5, 0.6) is 0 Å². The van der Waals surface area contributed by atoms with Crippen molar-refractivity contribution in [3.05, 3.63) is 194 Å². The number of benzene rings is 8. The quantitative estimate of drug-likeness (QED) is 0.158.